The van der Waals surface area contributed by atoms with Crippen molar-refractivity contribution in [2.45, 2.75) is 57.7 Å². The van der Waals surface area contributed by atoms with Gasteiger partial charge in [-0.05, 0) is 55.1 Å². The van der Waals surface area contributed by atoms with Crippen LogP contribution in [0.3, 0.4) is 0 Å². The van der Waals surface area contributed by atoms with Gasteiger partial charge in [-0.25, -0.2) is 4.39 Å². The van der Waals surface area contributed by atoms with Crippen LogP contribution in [0.15, 0.2) is 24.3 Å². The normalized spacial score (nSPS) is 38.8. The summed E-state index contributed by atoms with van der Waals surface area (Å²) in [5.41, 5.74) is 6.99. The Bertz CT molecular complexity index is 625. The van der Waals surface area contributed by atoms with Gasteiger partial charge in [-0.2, -0.15) is 0 Å². The van der Waals surface area contributed by atoms with Crippen molar-refractivity contribution >= 4 is 7.12 Å². The first-order valence-corrected chi connectivity index (χ1v) is 8.64. The minimum Gasteiger partial charge on any atom is -0.404 e. The van der Waals surface area contributed by atoms with Gasteiger partial charge in [0.15, 0.2) is 0 Å². The number of benzene rings is 1. The second-order valence-corrected chi connectivity index (χ2v) is 8.30. The molecule has 124 valence electrons. The van der Waals surface area contributed by atoms with E-state index < -0.39 is 7.12 Å². The van der Waals surface area contributed by atoms with Crippen molar-refractivity contribution in [1.29, 1.82) is 0 Å². The van der Waals surface area contributed by atoms with Crippen LogP contribution in [0.25, 0.3) is 0 Å². The molecule has 0 radical (unpaired) electrons. The van der Waals surface area contributed by atoms with Crippen molar-refractivity contribution in [3.8, 4) is 0 Å². The fourth-order valence-corrected chi connectivity index (χ4v) is 5.10. The molecular formula is C18H25BFNO2. The largest absolute Gasteiger partial charge is 0.475 e. The van der Waals surface area contributed by atoms with Gasteiger partial charge in [-0.15, -0.1) is 0 Å². The van der Waals surface area contributed by atoms with Crippen molar-refractivity contribution in [2.24, 2.45) is 23.0 Å². The third kappa shape index (κ3) is 2.20. The summed E-state index contributed by atoms with van der Waals surface area (Å²) in [4.78, 5) is 0. The van der Waals surface area contributed by atoms with E-state index in [9.17, 15) is 4.39 Å². The van der Waals surface area contributed by atoms with E-state index in [1.165, 1.54) is 12.5 Å². The molecule has 3 aliphatic carbocycles. The van der Waals surface area contributed by atoms with Crippen LogP contribution in [0.5, 0.6) is 0 Å². The molecule has 5 atom stereocenters. The number of halogens is 1. The lowest BCUT2D eigenvalue weighted by Gasteiger charge is -2.64. The first-order valence-electron chi connectivity index (χ1n) is 8.64. The number of hydrogen-bond acceptors (Lipinski definition) is 3. The molecular weight excluding hydrogens is 292 g/mol. The Morgan fingerprint density at radius 1 is 1.30 bits per heavy atom. The molecule has 0 unspecified atom stereocenters. The van der Waals surface area contributed by atoms with Crippen LogP contribution in [-0.4, -0.2) is 24.8 Å². The summed E-state index contributed by atoms with van der Waals surface area (Å²) in [6.07, 6.45) is 2.81. The van der Waals surface area contributed by atoms with Crippen molar-refractivity contribution in [2.75, 3.05) is 0 Å². The SMILES string of the molecule is CC1(C)[C@@H]2C[C@H]3OB([C@H](N)Cc4ccccc4F)O[C@@]3(C)[C@H]1C2. The fourth-order valence-electron chi connectivity index (χ4n) is 5.10. The summed E-state index contributed by atoms with van der Waals surface area (Å²) >= 11 is 0. The molecule has 1 aliphatic heterocycles. The topological polar surface area (TPSA) is 44.5 Å². The van der Waals surface area contributed by atoms with E-state index in [-0.39, 0.29) is 23.5 Å². The summed E-state index contributed by atoms with van der Waals surface area (Å²) in [5.74, 6) is 0.669. The van der Waals surface area contributed by atoms with Crippen LogP contribution >= 0.6 is 0 Å². The first kappa shape index (κ1) is 15.6. The Kier molecular flexibility index (Phi) is 3.42. The van der Waals surface area contributed by atoms with E-state index >= 15 is 0 Å². The molecule has 2 N–H and O–H groups in total. The molecule has 3 nitrogen and oxygen atoms in total. The van der Waals surface area contributed by atoms with Crippen LogP contribution in [0.1, 0.15) is 39.2 Å². The summed E-state index contributed by atoms with van der Waals surface area (Å²) in [5, 5.41) is 0. The molecule has 1 aromatic rings. The lowest BCUT2D eigenvalue weighted by Crippen LogP contribution is -2.65. The minimum absolute atomic E-state index is 0.121. The van der Waals surface area contributed by atoms with Gasteiger partial charge in [0.25, 0.3) is 0 Å². The third-order valence-corrected chi connectivity index (χ3v) is 6.73. The molecule has 2 bridgehead atoms. The molecule has 4 aliphatic rings. The van der Waals surface area contributed by atoms with Crippen molar-refractivity contribution in [3.63, 3.8) is 0 Å². The molecule has 4 fully saturated rings. The maximum atomic E-state index is 13.8. The van der Waals surface area contributed by atoms with Crippen molar-refractivity contribution in [1.82, 2.24) is 0 Å². The van der Waals surface area contributed by atoms with Gasteiger partial charge in [0, 0.05) is 5.94 Å². The highest BCUT2D eigenvalue weighted by molar-refractivity contribution is 6.47. The number of nitrogens with two attached hydrogens (primary N) is 1. The van der Waals surface area contributed by atoms with E-state index in [4.69, 9.17) is 15.0 Å². The quantitative estimate of drug-likeness (QED) is 0.872. The van der Waals surface area contributed by atoms with E-state index in [2.05, 4.69) is 20.8 Å². The van der Waals surface area contributed by atoms with E-state index in [1.54, 1.807) is 12.1 Å². The molecule has 0 spiro atoms. The maximum Gasteiger partial charge on any atom is 0.475 e. The van der Waals surface area contributed by atoms with E-state index in [1.807, 2.05) is 6.07 Å². The Balaban J connectivity index is 1.49. The van der Waals surface area contributed by atoms with Gasteiger partial charge >= 0.3 is 7.12 Å². The highest BCUT2D eigenvalue weighted by atomic mass is 19.1. The van der Waals surface area contributed by atoms with Crippen LogP contribution < -0.4 is 5.73 Å². The monoisotopic (exact) mass is 317 g/mol. The van der Waals surface area contributed by atoms with Gasteiger partial charge in [0.1, 0.15) is 5.82 Å². The van der Waals surface area contributed by atoms with E-state index in [0.29, 0.717) is 23.3 Å². The Morgan fingerprint density at radius 2 is 2.04 bits per heavy atom. The lowest BCUT2D eigenvalue weighted by atomic mass is 9.43. The van der Waals surface area contributed by atoms with Gasteiger partial charge in [-0.1, -0.05) is 32.0 Å². The lowest BCUT2D eigenvalue weighted by molar-refractivity contribution is -0.199. The Morgan fingerprint density at radius 3 is 2.74 bits per heavy atom. The molecule has 0 aromatic heterocycles. The third-order valence-electron chi connectivity index (χ3n) is 6.73. The highest BCUT2D eigenvalue weighted by Crippen LogP contribution is 2.65. The zero-order valence-corrected chi connectivity index (χ0v) is 14.1. The maximum absolute atomic E-state index is 13.8. The Labute approximate surface area is 137 Å². The van der Waals surface area contributed by atoms with Gasteiger partial charge in [-0.3, -0.25) is 0 Å². The molecule has 1 saturated heterocycles. The molecule has 1 heterocycles. The number of rotatable bonds is 3. The Hall–Kier alpha value is -0.905. The van der Waals surface area contributed by atoms with Gasteiger partial charge in [0.2, 0.25) is 0 Å². The second kappa shape index (κ2) is 5.04. The average Bonchev–Trinajstić information content (AvgIpc) is 2.86. The van der Waals surface area contributed by atoms with Gasteiger partial charge in [0.05, 0.1) is 11.7 Å². The standard InChI is InChI=1S/C18H25BFNO2/c1-17(2)12-9-14(17)18(3)15(10-12)22-19(23-18)16(21)8-11-6-4-5-7-13(11)20/h4-7,12,14-16H,8-10,21H2,1-3H3/t12-,14-,15+,16+,18-/m0/s1. The molecule has 0 amide bonds. The fraction of sp³-hybridized carbons (Fsp3) is 0.667. The molecule has 3 saturated carbocycles. The molecule has 5 rings (SSSR count). The molecule has 5 heteroatoms. The summed E-state index contributed by atoms with van der Waals surface area (Å²) in [6.45, 7) is 6.85. The predicted molar refractivity (Wildman–Crippen MR) is 88.2 cm³/mol. The summed E-state index contributed by atoms with van der Waals surface area (Å²) < 4.78 is 26.4. The zero-order valence-electron chi connectivity index (χ0n) is 14.1. The second-order valence-electron chi connectivity index (χ2n) is 8.30. The van der Waals surface area contributed by atoms with Crippen molar-refractivity contribution in [3.05, 3.63) is 35.6 Å². The summed E-state index contributed by atoms with van der Waals surface area (Å²) in [7, 11) is -0.445. The smallest absolute Gasteiger partial charge is 0.404 e. The zero-order chi connectivity index (χ0) is 16.4. The molecule has 1 aromatic carbocycles. The molecule has 23 heavy (non-hydrogen) atoms. The van der Waals surface area contributed by atoms with Crippen LogP contribution in [0.4, 0.5) is 4.39 Å². The summed E-state index contributed by atoms with van der Waals surface area (Å²) in [6, 6.07) is 6.77. The number of hydrogen-bond donors (Lipinski definition) is 1. The first-order chi connectivity index (χ1) is 10.8. The highest BCUT2D eigenvalue weighted by Gasteiger charge is 2.68. The predicted octanol–water partition coefficient (Wildman–Crippen LogP) is 2.96. The van der Waals surface area contributed by atoms with Crippen LogP contribution in [0, 0.1) is 23.1 Å². The minimum atomic E-state index is -0.445. The van der Waals surface area contributed by atoms with Crippen LogP contribution in [-0.2, 0) is 15.7 Å². The van der Waals surface area contributed by atoms with E-state index in [0.717, 1.165) is 12.3 Å². The van der Waals surface area contributed by atoms with Gasteiger partial charge < -0.3 is 15.0 Å². The average molecular weight is 317 g/mol. The van der Waals surface area contributed by atoms with Crippen LogP contribution in [0.2, 0.25) is 0 Å². The van der Waals surface area contributed by atoms with Crippen molar-refractivity contribution < 1.29 is 13.7 Å².